The summed E-state index contributed by atoms with van der Waals surface area (Å²) in [4.78, 5) is 0. The largest absolute Gasteiger partial charge is 0.465 e. The SMILES string of the molecule is C=C(C)COC(C)Oc1ccc(C(C)C)cc1. The highest BCUT2D eigenvalue weighted by Gasteiger charge is 2.04. The van der Waals surface area contributed by atoms with E-state index in [9.17, 15) is 0 Å². The van der Waals surface area contributed by atoms with Gasteiger partial charge in [0, 0.05) is 0 Å². The first-order valence-electron chi connectivity index (χ1n) is 6.01. The lowest BCUT2D eigenvalue weighted by molar-refractivity contribution is -0.0572. The minimum Gasteiger partial charge on any atom is -0.465 e. The van der Waals surface area contributed by atoms with Gasteiger partial charge in [0.1, 0.15) is 5.75 Å². The summed E-state index contributed by atoms with van der Waals surface area (Å²) < 4.78 is 11.1. The molecule has 0 saturated carbocycles. The summed E-state index contributed by atoms with van der Waals surface area (Å²) in [6.07, 6.45) is -0.253. The van der Waals surface area contributed by atoms with Gasteiger partial charge in [-0.15, -0.1) is 0 Å². The second-order valence-corrected chi connectivity index (χ2v) is 4.68. The van der Waals surface area contributed by atoms with Crippen molar-refractivity contribution in [2.24, 2.45) is 0 Å². The molecule has 17 heavy (non-hydrogen) atoms. The molecule has 0 aliphatic carbocycles. The summed E-state index contributed by atoms with van der Waals surface area (Å²) in [5.74, 6) is 1.38. The van der Waals surface area contributed by atoms with Gasteiger partial charge in [0.05, 0.1) is 6.61 Å². The Hall–Kier alpha value is -1.28. The highest BCUT2D eigenvalue weighted by molar-refractivity contribution is 5.28. The maximum absolute atomic E-state index is 5.64. The van der Waals surface area contributed by atoms with Crippen molar-refractivity contribution in [3.8, 4) is 5.75 Å². The van der Waals surface area contributed by atoms with Crippen molar-refractivity contribution in [3.63, 3.8) is 0 Å². The number of hydrogen-bond donors (Lipinski definition) is 0. The van der Waals surface area contributed by atoms with E-state index in [-0.39, 0.29) is 6.29 Å². The Balaban J connectivity index is 2.48. The Kier molecular flexibility index (Phi) is 5.23. The number of rotatable bonds is 6. The van der Waals surface area contributed by atoms with E-state index < -0.39 is 0 Å². The fourth-order valence-corrected chi connectivity index (χ4v) is 1.42. The van der Waals surface area contributed by atoms with Gasteiger partial charge in [0.15, 0.2) is 6.29 Å². The van der Waals surface area contributed by atoms with Gasteiger partial charge in [-0.3, -0.25) is 0 Å². The van der Waals surface area contributed by atoms with E-state index in [1.807, 2.05) is 26.0 Å². The average Bonchev–Trinajstić information content (AvgIpc) is 2.27. The predicted molar refractivity (Wildman–Crippen MR) is 71.4 cm³/mol. The van der Waals surface area contributed by atoms with Gasteiger partial charge in [-0.05, 0) is 37.5 Å². The number of benzene rings is 1. The zero-order valence-corrected chi connectivity index (χ0v) is 11.2. The average molecular weight is 234 g/mol. The molecule has 0 aliphatic rings. The lowest BCUT2D eigenvalue weighted by atomic mass is 10.0. The van der Waals surface area contributed by atoms with Gasteiger partial charge in [-0.25, -0.2) is 0 Å². The number of hydrogen-bond acceptors (Lipinski definition) is 2. The zero-order valence-electron chi connectivity index (χ0n) is 11.2. The molecule has 0 saturated heterocycles. The smallest absolute Gasteiger partial charge is 0.197 e. The fourth-order valence-electron chi connectivity index (χ4n) is 1.42. The van der Waals surface area contributed by atoms with E-state index in [0.29, 0.717) is 12.5 Å². The molecule has 0 amide bonds. The molecule has 0 bridgehead atoms. The topological polar surface area (TPSA) is 18.5 Å². The zero-order chi connectivity index (χ0) is 12.8. The van der Waals surface area contributed by atoms with E-state index in [4.69, 9.17) is 9.47 Å². The molecule has 0 aromatic heterocycles. The molecule has 2 nitrogen and oxygen atoms in total. The van der Waals surface area contributed by atoms with Gasteiger partial charge in [-0.1, -0.05) is 38.1 Å². The van der Waals surface area contributed by atoms with E-state index in [1.54, 1.807) is 0 Å². The van der Waals surface area contributed by atoms with Gasteiger partial charge < -0.3 is 9.47 Å². The maximum Gasteiger partial charge on any atom is 0.197 e. The van der Waals surface area contributed by atoms with Crippen LogP contribution < -0.4 is 4.74 Å². The Bertz CT molecular complexity index is 352. The highest BCUT2D eigenvalue weighted by atomic mass is 16.7. The molecule has 0 radical (unpaired) electrons. The minimum absolute atomic E-state index is 0.253. The molecule has 1 unspecified atom stereocenters. The first-order valence-corrected chi connectivity index (χ1v) is 6.01. The highest BCUT2D eigenvalue weighted by Crippen LogP contribution is 2.19. The third-order valence-corrected chi connectivity index (χ3v) is 2.41. The van der Waals surface area contributed by atoms with Gasteiger partial charge in [-0.2, -0.15) is 0 Å². The van der Waals surface area contributed by atoms with Crippen LogP contribution in [0, 0.1) is 0 Å². The molecular weight excluding hydrogens is 212 g/mol. The molecule has 1 rings (SSSR count). The molecular formula is C15H22O2. The van der Waals surface area contributed by atoms with Crippen molar-refractivity contribution in [3.05, 3.63) is 42.0 Å². The normalized spacial score (nSPS) is 12.5. The third-order valence-electron chi connectivity index (χ3n) is 2.41. The summed E-state index contributed by atoms with van der Waals surface area (Å²) in [5.41, 5.74) is 2.31. The predicted octanol–water partition coefficient (Wildman–Crippen LogP) is 4.13. The van der Waals surface area contributed by atoms with Crippen LogP contribution in [0.1, 0.15) is 39.2 Å². The van der Waals surface area contributed by atoms with E-state index >= 15 is 0 Å². The molecule has 0 heterocycles. The van der Waals surface area contributed by atoms with Crippen LogP contribution in [0.4, 0.5) is 0 Å². The molecule has 0 N–H and O–H groups in total. The molecule has 1 atom stereocenters. The summed E-state index contributed by atoms with van der Waals surface area (Å²) >= 11 is 0. The molecule has 2 heteroatoms. The maximum atomic E-state index is 5.64. The summed E-state index contributed by atoms with van der Waals surface area (Å²) in [7, 11) is 0. The van der Waals surface area contributed by atoms with Crippen LogP contribution in [0.15, 0.2) is 36.4 Å². The van der Waals surface area contributed by atoms with Crippen molar-refractivity contribution >= 4 is 0 Å². The van der Waals surface area contributed by atoms with Crippen molar-refractivity contribution in [1.82, 2.24) is 0 Å². The first kappa shape index (κ1) is 13.8. The van der Waals surface area contributed by atoms with Crippen LogP contribution in [0.3, 0.4) is 0 Å². The Morgan fingerprint density at radius 2 is 1.76 bits per heavy atom. The molecule has 0 aliphatic heterocycles. The Labute approximate surface area is 104 Å². The third kappa shape index (κ3) is 5.05. The lowest BCUT2D eigenvalue weighted by Crippen LogP contribution is -2.17. The lowest BCUT2D eigenvalue weighted by Gasteiger charge is -2.16. The van der Waals surface area contributed by atoms with Crippen molar-refractivity contribution in [2.45, 2.75) is 39.9 Å². The van der Waals surface area contributed by atoms with Crippen LogP contribution in [-0.4, -0.2) is 12.9 Å². The van der Waals surface area contributed by atoms with Crippen LogP contribution in [0.5, 0.6) is 5.75 Å². The first-order chi connectivity index (χ1) is 7.99. The quantitative estimate of drug-likeness (QED) is 0.544. The van der Waals surface area contributed by atoms with Gasteiger partial charge >= 0.3 is 0 Å². The van der Waals surface area contributed by atoms with Gasteiger partial charge in [0.25, 0.3) is 0 Å². The van der Waals surface area contributed by atoms with Gasteiger partial charge in [0.2, 0.25) is 0 Å². The summed E-state index contributed by atoms with van der Waals surface area (Å²) in [6, 6.07) is 8.14. The van der Waals surface area contributed by atoms with Crippen LogP contribution in [0.2, 0.25) is 0 Å². The fraction of sp³-hybridized carbons (Fsp3) is 0.467. The van der Waals surface area contributed by atoms with Crippen molar-refractivity contribution in [1.29, 1.82) is 0 Å². The molecule has 94 valence electrons. The second kappa shape index (κ2) is 6.45. The molecule has 0 fully saturated rings. The standard InChI is InChI=1S/C15H22O2/c1-11(2)10-16-13(5)17-15-8-6-14(7-9-15)12(3)4/h6-9,12-13H,1,10H2,2-5H3. The second-order valence-electron chi connectivity index (χ2n) is 4.68. The minimum atomic E-state index is -0.253. The summed E-state index contributed by atoms with van der Waals surface area (Å²) in [5, 5.41) is 0. The van der Waals surface area contributed by atoms with E-state index in [2.05, 4.69) is 32.6 Å². The Morgan fingerprint density at radius 3 is 2.24 bits per heavy atom. The van der Waals surface area contributed by atoms with Crippen LogP contribution in [0.25, 0.3) is 0 Å². The Morgan fingerprint density at radius 1 is 1.18 bits per heavy atom. The monoisotopic (exact) mass is 234 g/mol. The van der Waals surface area contributed by atoms with Crippen LogP contribution >= 0.6 is 0 Å². The molecule has 0 spiro atoms. The van der Waals surface area contributed by atoms with E-state index in [1.165, 1.54) is 5.56 Å². The van der Waals surface area contributed by atoms with Crippen molar-refractivity contribution < 1.29 is 9.47 Å². The number of ether oxygens (including phenoxy) is 2. The van der Waals surface area contributed by atoms with Crippen LogP contribution in [-0.2, 0) is 4.74 Å². The summed E-state index contributed by atoms with van der Waals surface area (Å²) in [6.45, 7) is 12.5. The molecule has 1 aromatic rings. The molecule has 1 aromatic carbocycles. The van der Waals surface area contributed by atoms with Crippen molar-refractivity contribution in [2.75, 3.05) is 6.61 Å². The van der Waals surface area contributed by atoms with E-state index in [0.717, 1.165) is 11.3 Å².